The number of hydrogen-bond acceptors (Lipinski definition) is 8. The van der Waals surface area contributed by atoms with Crippen LogP contribution in [0.25, 0.3) is 0 Å². The second kappa shape index (κ2) is 11.5. The van der Waals surface area contributed by atoms with Crippen molar-refractivity contribution in [1.82, 2.24) is 9.88 Å². The summed E-state index contributed by atoms with van der Waals surface area (Å²) in [6.45, 7) is 6.50. The predicted octanol–water partition coefficient (Wildman–Crippen LogP) is 2.76. The van der Waals surface area contributed by atoms with E-state index < -0.39 is 0 Å². The molecule has 3 heterocycles. The first kappa shape index (κ1) is 25.5. The molecule has 0 spiro atoms. The summed E-state index contributed by atoms with van der Waals surface area (Å²) < 4.78 is 5.40. The lowest BCUT2D eigenvalue weighted by Gasteiger charge is -2.34. The van der Waals surface area contributed by atoms with Crippen LogP contribution in [0.5, 0.6) is 0 Å². The van der Waals surface area contributed by atoms with Crippen molar-refractivity contribution in [3.05, 3.63) is 71.9 Å². The molecular formula is C28H33N7O3. The van der Waals surface area contributed by atoms with Gasteiger partial charge >= 0.3 is 0 Å². The summed E-state index contributed by atoms with van der Waals surface area (Å²) in [7, 11) is 2.11. The summed E-state index contributed by atoms with van der Waals surface area (Å²) in [5.74, 6) is 0.194. The van der Waals surface area contributed by atoms with E-state index >= 15 is 0 Å². The maximum absolute atomic E-state index is 13.1. The molecule has 2 fully saturated rings. The van der Waals surface area contributed by atoms with Crippen LogP contribution < -0.4 is 26.2 Å². The minimum atomic E-state index is -0.300. The van der Waals surface area contributed by atoms with Gasteiger partial charge in [0.1, 0.15) is 5.82 Å². The molecule has 0 unspecified atom stereocenters. The number of aromatic nitrogens is 1. The van der Waals surface area contributed by atoms with Crippen LogP contribution in [0.15, 0.2) is 60.8 Å². The Morgan fingerprint density at radius 3 is 2.29 bits per heavy atom. The lowest BCUT2D eigenvalue weighted by molar-refractivity contribution is 0.101. The number of benzene rings is 2. The van der Waals surface area contributed by atoms with E-state index in [1.165, 1.54) is 0 Å². The topological polar surface area (TPSA) is 116 Å². The van der Waals surface area contributed by atoms with Crippen LogP contribution in [0, 0.1) is 0 Å². The summed E-state index contributed by atoms with van der Waals surface area (Å²) >= 11 is 0. The van der Waals surface area contributed by atoms with Gasteiger partial charge in [0, 0.05) is 73.8 Å². The number of rotatable bonds is 6. The van der Waals surface area contributed by atoms with E-state index in [2.05, 4.69) is 37.4 Å². The average Bonchev–Trinajstić information content (AvgIpc) is 2.94. The minimum Gasteiger partial charge on any atom is -0.398 e. The summed E-state index contributed by atoms with van der Waals surface area (Å²) in [5, 5.41) is 5.83. The Morgan fingerprint density at radius 1 is 0.842 bits per heavy atom. The molecule has 1 aromatic heterocycles. The Balaban J connectivity index is 1.25. The molecule has 10 nitrogen and oxygen atoms in total. The van der Waals surface area contributed by atoms with Gasteiger partial charge in [0.05, 0.1) is 18.8 Å². The molecule has 4 N–H and O–H groups in total. The van der Waals surface area contributed by atoms with Crippen LogP contribution in [0.2, 0.25) is 0 Å². The number of piperazine rings is 1. The highest BCUT2D eigenvalue weighted by atomic mass is 16.5. The third-order valence-electron chi connectivity index (χ3n) is 6.87. The monoisotopic (exact) mass is 515 g/mol. The number of carbonyl (C=O) groups excluding carboxylic acids is 2. The fraction of sp³-hybridized carbons (Fsp3) is 0.321. The summed E-state index contributed by atoms with van der Waals surface area (Å²) in [6, 6.07) is 16.1. The van der Waals surface area contributed by atoms with E-state index in [4.69, 9.17) is 10.5 Å². The van der Waals surface area contributed by atoms with Gasteiger partial charge in [-0.25, -0.2) is 4.98 Å². The van der Waals surface area contributed by atoms with E-state index in [1.807, 2.05) is 12.1 Å². The molecule has 0 aliphatic carbocycles. The van der Waals surface area contributed by atoms with E-state index in [0.29, 0.717) is 41.4 Å². The first-order valence-electron chi connectivity index (χ1n) is 12.8. The molecule has 5 rings (SSSR count). The largest absolute Gasteiger partial charge is 0.398 e. The van der Waals surface area contributed by atoms with Gasteiger partial charge in [0.15, 0.2) is 0 Å². The van der Waals surface area contributed by atoms with E-state index in [1.54, 1.807) is 48.7 Å². The highest BCUT2D eigenvalue weighted by molar-refractivity contribution is 6.09. The van der Waals surface area contributed by atoms with Gasteiger partial charge in [0.2, 0.25) is 0 Å². The van der Waals surface area contributed by atoms with Crippen LogP contribution in [0.1, 0.15) is 20.7 Å². The molecule has 10 heteroatoms. The van der Waals surface area contributed by atoms with Crippen molar-refractivity contribution in [2.45, 2.75) is 0 Å². The van der Waals surface area contributed by atoms with Crippen molar-refractivity contribution in [1.29, 1.82) is 0 Å². The number of likely N-dealkylation sites (N-methyl/N-ethyl adjacent to an activating group) is 1. The van der Waals surface area contributed by atoms with Crippen LogP contribution in [-0.4, -0.2) is 81.2 Å². The highest BCUT2D eigenvalue weighted by Crippen LogP contribution is 2.24. The number of nitrogens with zero attached hydrogens (tertiary/aromatic N) is 4. The molecule has 2 amide bonds. The van der Waals surface area contributed by atoms with Crippen LogP contribution in [0.4, 0.5) is 28.6 Å². The van der Waals surface area contributed by atoms with Crippen molar-refractivity contribution in [2.24, 2.45) is 0 Å². The third-order valence-corrected chi connectivity index (χ3v) is 6.87. The first-order chi connectivity index (χ1) is 18.5. The zero-order valence-electron chi connectivity index (χ0n) is 21.5. The molecule has 2 saturated heterocycles. The first-order valence-corrected chi connectivity index (χ1v) is 12.8. The number of amides is 2. The SMILES string of the molecule is CN1CCN(c2ccc(N)c(C(=O)Nc3cccc(NC(=O)c4ccnc(N5CCOCC5)c4)c3)c2)CC1. The molecule has 0 radical (unpaired) electrons. The lowest BCUT2D eigenvalue weighted by atomic mass is 10.1. The normalized spacial score (nSPS) is 16.2. The Bertz CT molecular complexity index is 1300. The molecule has 2 aliphatic rings. The van der Waals surface area contributed by atoms with Gasteiger partial charge in [-0.1, -0.05) is 6.07 Å². The second-order valence-corrected chi connectivity index (χ2v) is 9.55. The van der Waals surface area contributed by atoms with Gasteiger partial charge in [0.25, 0.3) is 11.8 Å². The summed E-state index contributed by atoms with van der Waals surface area (Å²) in [4.78, 5) is 37.1. The number of nitrogens with two attached hydrogens (primary N) is 1. The van der Waals surface area contributed by atoms with E-state index in [9.17, 15) is 9.59 Å². The number of ether oxygens (including phenoxy) is 1. The number of morpholine rings is 1. The molecule has 3 aromatic rings. The zero-order chi connectivity index (χ0) is 26.5. The molecular weight excluding hydrogens is 482 g/mol. The molecule has 2 aromatic carbocycles. The molecule has 38 heavy (non-hydrogen) atoms. The smallest absolute Gasteiger partial charge is 0.257 e. The van der Waals surface area contributed by atoms with Crippen LogP contribution in [0.3, 0.4) is 0 Å². The fourth-order valence-corrected chi connectivity index (χ4v) is 4.60. The quantitative estimate of drug-likeness (QED) is 0.429. The zero-order valence-corrected chi connectivity index (χ0v) is 21.5. The molecule has 198 valence electrons. The average molecular weight is 516 g/mol. The van der Waals surface area contributed by atoms with Crippen molar-refractivity contribution in [3.8, 4) is 0 Å². The molecule has 0 bridgehead atoms. The fourth-order valence-electron chi connectivity index (χ4n) is 4.60. The third kappa shape index (κ3) is 6.04. The van der Waals surface area contributed by atoms with E-state index in [0.717, 1.165) is 50.8 Å². The number of pyridine rings is 1. The summed E-state index contributed by atoms with van der Waals surface area (Å²) in [6.07, 6.45) is 1.64. The maximum atomic E-state index is 13.1. The van der Waals surface area contributed by atoms with Gasteiger partial charge in [-0.2, -0.15) is 0 Å². The van der Waals surface area contributed by atoms with Crippen LogP contribution in [-0.2, 0) is 4.74 Å². The van der Waals surface area contributed by atoms with Crippen molar-refractivity contribution in [2.75, 3.05) is 85.7 Å². The minimum absolute atomic E-state index is 0.255. The number of nitrogen functional groups attached to an aromatic ring is 1. The van der Waals surface area contributed by atoms with E-state index in [-0.39, 0.29) is 11.8 Å². The Morgan fingerprint density at radius 2 is 1.55 bits per heavy atom. The lowest BCUT2D eigenvalue weighted by Crippen LogP contribution is -2.44. The van der Waals surface area contributed by atoms with Gasteiger partial charge in [-0.15, -0.1) is 0 Å². The van der Waals surface area contributed by atoms with Gasteiger partial charge < -0.3 is 35.8 Å². The summed E-state index contributed by atoms with van der Waals surface area (Å²) in [5.41, 5.74) is 9.60. The standard InChI is InChI=1S/C28H33N7O3/c1-33-9-11-34(12-10-33)23-5-6-25(29)24(19-23)28(37)32-22-4-2-3-21(18-22)31-27(36)20-7-8-30-26(17-20)35-13-15-38-16-14-35/h2-8,17-19H,9-16,29H2,1H3,(H,31,36)(H,32,37). The van der Waals surface area contributed by atoms with Gasteiger partial charge in [-0.05, 0) is 55.6 Å². The van der Waals surface area contributed by atoms with Crippen molar-refractivity contribution in [3.63, 3.8) is 0 Å². The van der Waals surface area contributed by atoms with Crippen molar-refractivity contribution >= 4 is 40.4 Å². The predicted molar refractivity (Wildman–Crippen MR) is 150 cm³/mol. The highest BCUT2D eigenvalue weighted by Gasteiger charge is 2.18. The number of anilines is 5. The number of hydrogen-bond donors (Lipinski definition) is 3. The Labute approximate surface area is 222 Å². The molecule has 0 saturated carbocycles. The number of nitrogens with one attached hydrogen (secondary N) is 2. The Hall–Kier alpha value is -4.15. The second-order valence-electron chi connectivity index (χ2n) is 9.55. The number of carbonyl (C=O) groups is 2. The molecule has 0 atom stereocenters. The molecule has 2 aliphatic heterocycles. The van der Waals surface area contributed by atoms with Gasteiger partial charge in [-0.3, -0.25) is 9.59 Å². The maximum Gasteiger partial charge on any atom is 0.257 e. The van der Waals surface area contributed by atoms with Crippen LogP contribution >= 0.6 is 0 Å². The van der Waals surface area contributed by atoms with Crippen molar-refractivity contribution < 1.29 is 14.3 Å². The Kier molecular flexibility index (Phi) is 7.71.